The van der Waals surface area contributed by atoms with E-state index >= 15 is 0 Å². The summed E-state index contributed by atoms with van der Waals surface area (Å²) in [6.45, 7) is 8.43. The predicted molar refractivity (Wildman–Crippen MR) is 87.2 cm³/mol. The van der Waals surface area contributed by atoms with Crippen LogP contribution in [0.4, 0.5) is 11.6 Å². The van der Waals surface area contributed by atoms with Gasteiger partial charge in [0.25, 0.3) is 0 Å². The number of nitrogens with zero attached hydrogens (tertiary/aromatic N) is 1. The number of halogens is 2. The average Bonchev–Trinajstić information content (AvgIpc) is 2.38. The second-order valence-corrected chi connectivity index (χ2v) is 5.55. The van der Waals surface area contributed by atoms with Crippen LogP contribution in [0.5, 0.6) is 0 Å². The summed E-state index contributed by atoms with van der Waals surface area (Å²) in [4.78, 5) is 4.39. The van der Waals surface area contributed by atoms with Crippen LogP contribution in [0.3, 0.4) is 0 Å². The van der Waals surface area contributed by atoms with Crippen LogP contribution in [0.2, 0.25) is 10.0 Å². The molecule has 0 fully saturated rings. The van der Waals surface area contributed by atoms with E-state index in [9.17, 15) is 0 Å². The molecule has 0 atom stereocenters. The van der Waals surface area contributed by atoms with Crippen LogP contribution in [0.1, 0.15) is 33.6 Å². The molecule has 0 aliphatic rings. The van der Waals surface area contributed by atoms with Crippen molar-refractivity contribution >= 4 is 34.8 Å². The zero-order valence-corrected chi connectivity index (χ0v) is 13.8. The average molecular weight is 320 g/mol. The summed E-state index contributed by atoms with van der Waals surface area (Å²) in [6, 6.07) is 1.71. The van der Waals surface area contributed by atoms with Gasteiger partial charge in [-0.15, -0.1) is 0 Å². The van der Waals surface area contributed by atoms with E-state index in [-0.39, 0.29) is 6.10 Å². The smallest absolute Gasteiger partial charge is 0.147 e. The molecular weight excluding hydrogens is 297 g/mol. The van der Waals surface area contributed by atoms with Crippen molar-refractivity contribution in [2.45, 2.75) is 39.7 Å². The van der Waals surface area contributed by atoms with Crippen LogP contribution in [0.15, 0.2) is 6.07 Å². The van der Waals surface area contributed by atoms with Crippen molar-refractivity contribution < 1.29 is 4.74 Å². The fourth-order valence-electron chi connectivity index (χ4n) is 1.63. The monoisotopic (exact) mass is 319 g/mol. The minimum Gasteiger partial charge on any atom is -0.379 e. The summed E-state index contributed by atoms with van der Waals surface area (Å²) >= 11 is 12.2. The van der Waals surface area contributed by atoms with Crippen LogP contribution in [-0.4, -0.2) is 30.8 Å². The Hall–Kier alpha value is -0.710. The Balaban J connectivity index is 2.41. The molecule has 1 aromatic rings. The lowest BCUT2D eigenvalue weighted by Gasteiger charge is -2.12. The van der Waals surface area contributed by atoms with E-state index in [0.29, 0.717) is 21.7 Å². The lowest BCUT2D eigenvalue weighted by atomic mass is 10.3. The zero-order chi connectivity index (χ0) is 15.0. The Bertz CT molecular complexity index is 414. The summed E-state index contributed by atoms with van der Waals surface area (Å²) in [5.74, 6) is 1.32. The fourth-order valence-corrected chi connectivity index (χ4v) is 2.13. The molecule has 114 valence electrons. The number of pyridine rings is 1. The van der Waals surface area contributed by atoms with E-state index in [1.807, 2.05) is 20.8 Å². The zero-order valence-electron chi connectivity index (χ0n) is 12.3. The highest BCUT2D eigenvalue weighted by Crippen LogP contribution is 2.29. The highest BCUT2D eigenvalue weighted by molar-refractivity contribution is 6.37. The molecule has 0 aliphatic heterocycles. The highest BCUT2D eigenvalue weighted by Gasteiger charge is 2.08. The molecule has 0 saturated heterocycles. The van der Waals surface area contributed by atoms with E-state index in [0.717, 1.165) is 32.5 Å². The molecule has 0 aromatic carbocycles. The van der Waals surface area contributed by atoms with Crippen molar-refractivity contribution in [3.63, 3.8) is 0 Å². The molecule has 1 aromatic heterocycles. The molecule has 0 aliphatic carbocycles. The molecule has 20 heavy (non-hydrogen) atoms. The van der Waals surface area contributed by atoms with Gasteiger partial charge < -0.3 is 15.4 Å². The van der Waals surface area contributed by atoms with Gasteiger partial charge in [0.05, 0.1) is 16.1 Å². The third-order valence-electron chi connectivity index (χ3n) is 2.59. The lowest BCUT2D eigenvalue weighted by Crippen LogP contribution is -2.09. The fraction of sp³-hybridized carbons (Fsp3) is 0.643. The predicted octanol–water partition coefficient (Wildman–Crippen LogP) is 4.44. The molecule has 1 rings (SSSR count). The maximum Gasteiger partial charge on any atom is 0.147 e. The van der Waals surface area contributed by atoms with Gasteiger partial charge in [-0.25, -0.2) is 4.98 Å². The van der Waals surface area contributed by atoms with Crippen LogP contribution in [0.25, 0.3) is 0 Å². The van der Waals surface area contributed by atoms with Gasteiger partial charge in [0.15, 0.2) is 0 Å². The number of anilines is 2. The van der Waals surface area contributed by atoms with E-state index in [2.05, 4.69) is 15.6 Å². The Morgan fingerprint density at radius 3 is 2.40 bits per heavy atom. The SMILES string of the molecule is CCNc1nc(NCCCCOC(C)C)c(Cl)cc1Cl. The van der Waals surface area contributed by atoms with Crippen molar-refractivity contribution in [2.24, 2.45) is 0 Å². The molecule has 0 spiro atoms. The molecule has 0 amide bonds. The van der Waals surface area contributed by atoms with Gasteiger partial charge in [-0.1, -0.05) is 23.2 Å². The molecule has 0 unspecified atom stereocenters. The lowest BCUT2D eigenvalue weighted by molar-refractivity contribution is 0.0765. The minimum atomic E-state index is 0.290. The Morgan fingerprint density at radius 2 is 1.80 bits per heavy atom. The van der Waals surface area contributed by atoms with Crippen molar-refractivity contribution in [2.75, 3.05) is 30.3 Å². The second kappa shape index (κ2) is 9.27. The Morgan fingerprint density at radius 1 is 1.15 bits per heavy atom. The first-order chi connectivity index (χ1) is 9.54. The summed E-state index contributed by atoms with van der Waals surface area (Å²) in [5, 5.41) is 7.41. The first-order valence-electron chi connectivity index (χ1n) is 7.00. The normalized spacial score (nSPS) is 10.9. The molecule has 0 bridgehead atoms. The number of ether oxygens (including phenoxy) is 1. The molecule has 0 radical (unpaired) electrons. The first kappa shape index (κ1) is 17.3. The highest BCUT2D eigenvalue weighted by atomic mass is 35.5. The van der Waals surface area contributed by atoms with E-state index in [1.54, 1.807) is 6.07 Å². The summed E-state index contributed by atoms with van der Waals surface area (Å²) in [5.41, 5.74) is 0. The summed E-state index contributed by atoms with van der Waals surface area (Å²) in [6.07, 6.45) is 2.30. The van der Waals surface area contributed by atoms with Crippen molar-refractivity contribution in [1.29, 1.82) is 0 Å². The standard InChI is InChI=1S/C14H23Cl2N3O/c1-4-17-13-11(15)9-12(16)14(19-13)18-7-5-6-8-20-10(2)3/h9-10H,4-8H2,1-3H3,(H2,17,18,19). The molecule has 1 heterocycles. The van der Waals surface area contributed by atoms with E-state index in [1.165, 1.54) is 0 Å². The number of hydrogen-bond donors (Lipinski definition) is 2. The third kappa shape index (κ3) is 6.16. The molecule has 2 N–H and O–H groups in total. The third-order valence-corrected chi connectivity index (χ3v) is 3.16. The van der Waals surface area contributed by atoms with E-state index < -0.39 is 0 Å². The summed E-state index contributed by atoms with van der Waals surface area (Å²) < 4.78 is 5.49. The van der Waals surface area contributed by atoms with Crippen molar-refractivity contribution in [1.82, 2.24) is 4.98 Å². The number of aromatic nitrogens is 1. The van der Waals surface area contributed by atoms with Gasteiger partial charge in [0, 0.05) is 19.7 Å². The van der Waals surface area contributed by atoms with Crippen LogP contribution in [0, 0.1) is 0 Å². The molecular formula is C14H23Cl2N3O. The maximum atomic E-state index is 6.12. The largest absolute Gasteiger partial charge is 0.379 e. The van der Waals surface area contributed by atoms with Crippen molar-refractivity contribution in [3.8, 4) is 0 Å². The van der Waals surface area contributed by atoms with Crippen molar-refractivity contribution in [3.05, 3.63) is 16.1 Å². The topological polar surface area (TPSA) is 46.2 Å². The molecule has 0 saturated carbocycles. The van der Waals surface area contributed by atoms with Gasteiger partial charge in [-0.2, -0.15) is 0 Å². The van der Waals surface area contributed by atoms with Crippen LogP contribution >= 0.6 is 23.2 Å². The molecule has 4 nitrogen and oxygen atoms in total. The number of rotatable bonds is 9. The Kier molecular flexibility index (Phi) is 8.04. The van der Waals surface area contributed by atoms with Gasteiger partial charge in [-0.3, -0.25) is 0 Å². The second-order valence-electron chi connectivity index (χ2n) is 4.73. The number of nitrogens with one attached hydrogen (secondary N) is 2. The van der Waals surface area contributed by atoms with Gasteiger partial charge >= 0.3 is 0 Å². The van der Waals surface area contributed by atoms with E-state index in [4.69, 9.17) is 27.9 Å². The van der Waals surface area contributed by atoms with Gasteiger partial charge in [0.1, 0.15) is 11.6 Å². The summed E-state index contributed by atoms with van der Waals surface area (Å²) in [7, 11) is 0. The van der Waals surface area contributed by atoms with Crippen LogP contribution in [-0.2, 0) is 4.74 Å². The maximum absolute atomic E-state index is 6.12. The van der Waals surface area contributed by atoms with Gasteiger partial charge in [0.2, 0.25) is 0 Å². The van der Waals surface area contributed by atoms with Gasteiger partial charge in [-0.05, 0) is 39.7 Å². The number of unbranched alkanes of at least 4 members (excludes halogenated alkanes) is 1. The molecule has 6 heteroatoms. The first-order valence-corrected chi connectivity index (χ1v) is 7.75. The Labute approximate surface area is 131 Å². The van der Waals surface area contributed by atoms with Crippen LogP contribution < -0.4 is 10.6 Å². The minimum absolute atomic E-state index is 0.290. The number of hydrogen-bond acceptors (Lipinski definition) is 4. The quantitative estimate of drug-likeness (QED) is 0.661.